The van der Waals surface area contributed by atoms with E-state index in [2.05, 4.69) is 146 Å². The maximum absolute atomic E-state index is 6.42. The van der Waals surface area contributed by atoms with Gasteiger partial charge in [-0.25, -0.2) is 0 Å². The van der Waals surface area contributed by atoms with Crippen LogP contribution in [0.25, 0.3) is 93.7 Å². The molecular weight excluding hydrogens is 595 g/mol. The van der Waals surface area contributed by atoms with E-state index in [-0.39, 0.29) is 0 Å². The molecule has 9 aromatic rings. The Morgan fingerprint density at radius 3 is 2.22 bits per heavy atom. The van der Waals surface area contributed by atoms with Gasteiger partial charge in [-0.2, -0.15) is 0 Å². The van der Waals surface area contributed by atoms with E-state index < -0.39 is 0 Å². The quantitative estimate of drug-likeness (QED) is 0.176. The maximum Gasteiger partial charge on any atom is 0.136 e. The molecule has 2 heterocycles. The third-order valence-corrected chi connectivity index (χ3v) is 10.7. The number of furan rings is 1. The highest BCUT2D eigenvalue weighted by Gasteiger charge is 2.27. The number of allylic oxidation sites excluding steroid dienone is 1. The number of benzene rings is 8. The van der Waals surface area contributed by atoms with Crippen LogP contribution in [0.4, 0.5) is 5.69 Å². The third-order valence-electron chi connectivity index (χ3n) is 10.7. The lowest BCUT2D eigenvalue weighted by molar-refractivity contribution is 0.669. The van der Waals surface area contributed by atoms with Crippen molar-refractivity contribution in [2.75, 3.05) is 0 Å². The summed E-state index contributed by atoms with van der Waals surface area (Å²) in [6.45, 7) is 0. The van der Waals surface area contributed by atoms with Crippen molar-refractivity contribution in [3.8, 4) is 33.4 Å². The number of nitrogens with zero attached hydrogens (tertiary/aromatic N) is 1. The summed E-state index contributed by atoms with van der Waals surface area (Å²) in [6.07, 6.45) is 6.50. The van der Waals surface area contributed by atoms with Crippen molar-refractivity contribution in [3.63, 3.8) is 0 Å². The number of fused-ring (bicyclic) bond motifs is 12. The van der Waals surface area contributed by atoms with Crippen LogP contribution in [0.1, 0.15) is 24.0 Å². The number of aliphatic imine (C=N–C) groups is 1. The van der Waals surface area contributed by atoms with Crippen LogP contribution in [0.5, 0.6) is 0 Å². The van der Waals surface area contributed by atoms with Crippen LogP contribution >= 0.6 is 0 Å². The normalized spacial score (nSPS) is 13.6. The smallest absolute Gasteiger partial charge is 0.136 e. The van der Waals surface area contributed by atoms with Crippen LogP contribution in [0.15, 0.2) is 155 Å². The zero-order valence-electron chi connectivity index (χ0n) is 26.7. The van der Waals surface area contributed by atoms with Gasteiger partial charge in [0.2, 0.25) is 0 Å². The number of para-hydroxylation sites is 1. The van der Waals surface area contributed by atoms with E-state index >= 15 is 0 Å². The number of hydrogen-bond donors (Lipinski definition) is 0. The highest BCUT2D eigenvalue weighted by atomic mass is 16.3. The molecule has 0 saturated heterocycles. The Morgan fingerprint density at radius 2 is 1.27 bits per heavy atom. The summed E-state index contributed by atoms with van der Waals surface area (Å²) in [5, 5.41) is 9.91. The predicted molar refractivity (Wildman–Crippen MR) is 207 cm³/mol. The summed E-state index contributed by atoms with van der Waals surface area (Å²) in [5.74, 6) is 0. The van der Waals surface area contributed by atoms with Crippen LogP contribution in [-0.4, -0.2) is 5.71 Å². The van der Waals surface area contributed by atoms with E-state index in [1.807, 2.05) is 6.07 Å². The highest BCUT2D eigenvalue weighted by Crippen LogP contribution is 2.54. The van der Waals surface area contributed by atoms with Gasteiger partial charge >= 0.3 is 0 Å². The lowest BCUT2D eigenvalue weighted by atomic mass is 9.90. The molecule has 0 saturated carbocycles. The Kier molecular flexibility index (Phi) is 5.53. The molecule has 0 radical (unpaired) electrons. The van der Waals surface area contributed by atoms with Gasteiger partial charge in [-0.3, -0.25) is 4.99 Å². The van der Waals surface area contributed by atoms with Gasteiger partial charge in [0, 0.05) is 22.0 Å². The Morgan fingerprint density at radius 1 is 0.490 bits per heavy atom. The van der Waals surface area contributed by atoms with Crippen LogP contribution in [-0.2, 0) is 0 Å². The SMILES string of the molecule is C1=Cc2c(ccc3ccc4ccc(-c5cccc6c5-c5cccc7c5c-6cc5oc6ccccc6c57)cc4c23)N=C(c2ccccc2)CC1. The zero-order valence-corrected chi connectivity index (χ0v) is 26.7. The molecule has 0 spiro atoms. The second kappa shape index (κ2) is 10.1. The van der Waals surface area contributed by atoms with Gasteiger partial charge < -0.3 is 4.42 Å². The van der Waals surface area contributed by atoms with E-state index in [0.717, 1.165) is 35.4 Å². The van der Waals surface area contributed by atoms with E-state index in [9.17, 15) is 0 Å². The van der Waals surface area contributed by atoms with Crippen LogP contribution in [0.3, 0.4) is 0 Å². The first-order valence-electron chi connectivity index (χ1n) is 17.1. The van der Waals surface area contributed by atoms with Crippen LogP contribution < -0.4 is 0 Å². The molecule has 11 rings (SSSR count). The largest absolute Gasteiger partial charge is 0.456 e. The van der Waals surface area contributed by atoms with Gasteiger partial charge in [0.25, 0.3) is 0 Å². The highest BCUT2D eigenvalue weighted by molar-refractivity contribution is 6.29. The summed E-state index contributed by atoms with van der Waals surface area (Å²) in [4.78, 5) is 5.29. The first-order valence-corrected chi connectivity index (χ1v) is 17.1. The molecule has 0 amide bonds. The van der Waals surface area contributed by atoms with Gasteiger partial charge in [0.1, 0.15) is 11.2 Å². The van der Waals surface area contributed by atoms with Gasteiger partial charge in [-0.1, -0.05) is 127 Å². The van der Waals surface area contributed by atoms with Crippen LogP contribution in [0, 0.1) is 0 Å². The molecule has 2 aliphatic rings. The molecule has 2 nitrogen and oxygen atoms in total. The van der Waals surface area contributed by atoms with Crippen LogP contribution in [0.2, 0.25) is 0 Å². The molecule has 0 atom stereocenters. The minimum atomic E-state index is 0.924. The molecule has 8 aromatic carbocycles. The van der Waals surface area contributed by atoms with E-state index in [4.69, 9.17) is 9.41 Å². The molecule has 228 valence electrons. The molecule has 1 aliphatic carbocycles. The predicted octanol–water partition coefficient (Wildman–Crippen LogP) is 13.3. The zero-order chi connectivity index (χ0) is 32.1. The van der Waals surface area contributed by atoms with Crippen molar-refractivity contribution in [2.45, 2.75) is 12.8 Å². The minimum absolute atomic E-state index is 0.924. The Hall–Kier alpha value is -6.25. The third kappa shape index (κ3) is 3.86. The summed E-state index contributed by atoms with van der Waals surface area (Å²) >= 11 is 0. The van der Waals surface area contributed by atoms with Gasteiger partial charge in [0.15, 0.2) is 0 Å². The standard InChI is InChI=1S/C47H29NO/c1-2-10-29(11-3-1)40-18-6-4-12-34-41(48-40)25-24-30-22-20-28-21-23-31(26-38(28)44(30)34)32-14-8-15-33-39-27-43-47(35-13-5-7-19-42(35)49-43)37-17-9-16-36(45(32)33)46(37)39/h1-5,7-17,19-27H,6,18H2. The van der Waals surface area contributed by atoms with Gasteiger partial charge in [-0.05, 0) is 108 Å². The van der Waals surface area contributed by atoms with Crippen molar-refractivity contribution in [3.05, 3.63) is 157 Å². The molecule has 49 heavy (non-hydrogen) atoms. The van der Waals surface area contributed by atoms with Crippen molar-refractivity contribution in [2.24, 2.45) is 4.99 Å². The van der Waals surface area contributed by atoms with Gasteiger partial charge in [-0.15, -0.1) is 0 Å². The van der Waals surface area contributed by atoms with Crippen molar-refractivity contribution < 1.29 is 4.42 Å². The van der Waals surface area contributed by atoms with E-state index in [1.165, 1.54) is 87.6 Å². The average molecular weight is 624 g/mol. The van der Waals surface area contributed by atoms with E-state index in [0.29, 0.717) is 0 Å². The first kappa shape index (κ1) is 26.8. The number of rotatable bonds is 2. The Bertz CT molecular complexity index is 2920. The molecular formula is C47H29NO. The molecule has 0 N–H and O–H groups in total. The minimum Gasteiger partial charge on any atom is -0.456 e. The summed E-state index contributed by atoms with van der Waals surface area (Å²) in [7, 11) is 0. The van der Waals surface area contributed by atoms with Crippen molar-refractivity contribution >= 4 is 71.7 Å². The van der Waals surface area contributed by atoms with Crippen molar-refractivity contribution in [1.29, 1.82) is 0 Å². The Balaban J connectivity index is 1.14. The second-order valence-corrected chi connectivity index (χ2v) is 13.3. The molecule has 0 fully saturated rings. The number of hydrogen-bond acceptors (Lipinski definition) is 2. The lowest BCUT2D eigenvalue weighted by Gasteiger charge is -2.16. The maximum atomic E-state index is 6.42. The average Bonchev–Trinajstić information content (AvgIpc) is 3.68. The Labute approximate surface area is 283 Å². The summed E-state index contributed by atoms with van der Waals surface area (Å²) in [6, 6.07) is 50.7. The van der Waals surface area contributed by atoms with E-state index in [1.54, 1.807) is 0 Å². The second-order valence-electron chi connectivity index (χ2n) is 13.3. The monoisotopic (exact) mass is 623 g/mol. The van der Waals surface area contributed by atoms with Crippen molar-refractivity contribution in [1.82, 2.24) is 0 Å². The first-order chi connectivity index (χ1) is 24.3. The summed E-state index contributed by atoms with van der Waals surface area (Å²) < 4.78 is 6.42. The molecule has 2 heteroatoms. The molecule has 0 unspecified atom stereocenters. The molecule has 1 aromatic heterocycles. The summed E-state index contributed by atoms with van der Waals surface area (Å²) in [5.41, 5.74) is 14.0. The van der Waals surface area contributed by atoms with Gasteiger partial charge in [0.05, 0.1) is 5.69 Å². The lowest BCUT2D eigenvalue weighted by Crippen LogP contribution is -2.01. The molecule has 1 aliphatic heterocycles. The topological polar surface area (TPSA) is 25.5 Å². The molecule has 0 bridgehead atoms. The fourth-order valence-corrected chi connectivity index (χ4v) is 8.48. The fourth-order valence-electron chi connectivity index (χ4n) is 8.48. The fraction of sp³-hybridized carbons (Fsp3) is 0.0426.